The van der Waals surface area contributed by atoms with Crippen LogP contribution in [0.3, 0.4) is 0 Å². The van der Waals surface area contributed by atoms with Crippen LogP contribution in [0.2, 0.25) is 0 Å². The van der Waals surface area contributed by atoms with Crippen LogP contribution in [-0.4, -0.2) is 17.7 Å². The maximum absolute atomic E-state index is 11.2. The van der Waals surface area contributed by atoms with Crippen LogP contribution in [-0.2, 0) is 10.6 Å². The van der Waals surface area contributed by atoms with Crippen molar-refractivity contribution in [3.63, 3.8) is 0 Å². The van der Waals surface area contributed by atoms with Crippen LogP contribution in [0.1, 0.15) is 19.5 Å². The first kappa shape index (κ1) is 12.3. The van der Waals surface area contributed by atoms with Gasteiger partial charge in [-0.2, -0.15) is 0 Å². The number of ether oxygens (including phenoxy) is 1. The van der Waals surface area contributed by atoms with Gasteiger partial charge in [0.05, 0.1) is 18.2 Å². The first-order chi connectivity index (χ1) is 7.11. The third-order valence-electron chi connectivity index (χ3n) is 1.45. The Kier molecular flexibility index (Phi) is 4.84. The molecule has 0 aliphatic heterocycles. The van der Waals surface area contributed by atoms with Crippen molar-refractivity contribution in [2.24, 2.45) is 5.92 Å². The minimum atomic E-state index is -0.473. The van der Waals surface area contributed by atoms with Crippen molar-refractivity contribution in [2.75, 3.05) is 11.9 Å². The smallest absolute Gasteiger partial charge is 0.413 e. The first-order valence-electron chi connectivity index (χ1n) is 4.56. The number of thiazole rings is 1. The lowest BCUT2D eigenvalue weighted by molar-refractivity contribution is 0.147. The van der Waals surface area contributed by atoms with Gasteiger partial charge in [-0.25, -0.2) is 9.78 Å². The van der Waals surface area contributed by atoms with E-state index in [9.17, 15) is 4.79 Å². The average molecular weight is 249 g/mol. The highest BCUT2D eigenvalue weighted by Crippen LogP contribution is 2.16. The Morgan fingerprint density at radius 3 is 3.00 bits per heavy atom. The molecule has 0 aromatic carbocycles. The van der Waals surface area contributed by atoms with Gasteiger partial charge in [0, 0.05) is 5.38 Å². The van der Waals surface area contributed by atoms with Crippen molar-refractivity contribution >= 4 is 34.2 Å². The Morgan fingerprint density at radius 1 is 1.73 bits per heavy atom. The lowest BCUT2D eigenvalue weighted by Gasteiger charge is -2.06. The van der Waals surface area contributed by atoms with Crippen molar-refractivity contribution in [1.82, 2.24) is 4.98 Å². The molecule has 0 aliphatic carbocycles. The molecule has 1 N–H and O–H groups in total. The number of rotatable bonds is 4. The third-order valence-corrected chi connectivity index (χ3v) is 2.53. The fraction of sp³-hybridized carbons (Fsp3) is 0.556. The summed E-state index contributed by atoms with van der Waals surface area (Å²) in [6.07, 6.45) is -0.473. The summed E-state index contributed by atoms with van der Waals surface area (Å²) in [7, 11) is 0. The topological polar surface area (TPSA) is 51.2 Å². The highest BCUT2D eigenvalue weighted by atomic mass is 35.5. The van der Waals surface area contributed by atoms with E-state index in [4.69, 9.17) is 16.3 Å². The number of halogens is 1. The number of hydrogen-bond acceptors (Lipinski definition) is 4. The van der Waals surface area contributed by atoms with Gasteiger partial charge in [-0.15, -0.1) is 22.9 Å². The number of carbonyl (C=O) groups is 1. The van der Waals surface area contributed by atoms with E-state index in [1.165, 1.54) is 11.3 Å². The van der Waals surface area contributed by atoms with E-state index in [1.54, 1.807) is 5.38 Å². The van der Waals surface area contributed by atoms with Gasteiger partial charge in [-0.05, 0) is 5.92 Å². The van der Waals surface area contributed by atoms with Gasteiger partial charge >= 0.3 is 6.09 Å². The number of aromatic nitrogens is 1. The lowest BCUT2D eigenvalue weighted by atomic mass is 10.2. The lowest BCUT2D eigenvalue weighted by Crippen LogP contribution is -2.16. The fourth-order valence-corrected chi connectivity index (χ4v) is 1.72. The molecular weight excluding hydrogens is 236 g/mol. The summed E-state index contributed by atoms with van der Waals surface area (Å²) in [5.74, 6) is 0.671. The zero-order chi connectivity index (χ0) is 11.3. The third kappa shape index (κ3) is 4.48. The van der Waals surface area contributed by atoms with Crippen molar-refractivity contribution < 1.29 is 9.53 Å². The van der Waals surface area contributed by atoms with Gasteiger partial charge in [0.15, 0.2) is 5.13 Å². The largest absolute Gasteiger partial charge is 0.449 e. The number of nitrogens with zero attached hydrogens (tertiary/aromatic N) is 1. The number of anilines is 1. The molecule has 1 heterocycles. The van der Waals surface area contributed by atoms with Crippen LogP contribution in [0.5, 0.6) is 0 Å². The molecule has 0 saturated carbocycles. The van der Waals surface area contributed by atoms with Crippen molar-refractivity contribution in [3.8, 4) is 0 Å². The SMILES string of the molecule is CC(C)COC(=O)Nc1nc(CCl)cs1. The molecule has 0 bridgehead atoms. The van der Waals surface area contributed by atoms with E-state index in [0.29, 0.717) is 23.5 Å². The van der Waals surface area contributed by atoms with Gasteiger partial charge in [0.25, 0.3) is 0 Å². The molecule has 0 saturated heterocycles. The summed E-state index contributed by atoms with van der Waals surface area (Å²) < 4.78 is 4.93. The van der Waals surface area contributed by atoms with E-state index >= 15 is 0 Å². The summed E-state index contributed by atoms with van der Waals surface area (Å²) in [6.45, 7) is 4.35. The quantitative estimate of drug-likeness (QED) is 0.833. The summed E-state index contributed by atoms with van der Waals surface area (Å²) in [4.78, 5) is 15.3. The fourth-order valence-electron chi connectivity index (χ4n) is 0.792. The molecule has 0 radical (unpaired) electrons. The van der Waals surface area contributed by atoms with Crippen molar-refractivity contribution in [3.05, 3.63) is 11.1 Å². The summed E-state index contributed by atoms with van der Waals surface area (Å²) in [6, 6.07) is 0. The Morgan fingerprint density at radius 2 is 2.47 bits per heavy atom. The molecule has 84 valence electrons. The van der Waals surface area contributed by atoms with Gasteiger partial charge in [-0.3, -0.25) is 5.32 Å². The minimum Gasteiger partial charge on any atom is -0.449 e. The number of nitrogens with one attached hydrogen (secondary N) is 1. The Labute approximate surface area is 97.6 Å². The molecule has 0 unspecified atom stereocenters. The van der Waals surface area contributed by atoms with Crippen LogP contribution >= 0.6 is 22.9 Å². The molecule has 1 aromatic rings. The zero-order valence-electron chi connectivity index (χ0n) is 8.62. The Balaban J connectivity index is 2.37. The van der Waals surface area contributed by atoms with Gasteiger partial charge in [-0.1, -0.05) is 13.8 Å². The molecule has 1 amide bonds. The van der Waals surface area contributed by atoms with Gasteiger partial charge in [0.2, 0.25) is 0 Å². The predicted octanol–water partition coefficient (Wildman–Crippen LogP) is 3.09. The Hall–Kier alpha value is -0.810. The standard InChI is InChI=1S/C9H13ClN2O2S/c1-6(2)4-14-9(13)12-8-11-7(3-10)5-15-8/h5-6H,3-4H2,1-2H3,(H,11,12,13). The maximum atomic E-state index is 11.2. The molecule has 15 heavy (non-hydrogen) atoms. The van der Waals surface area contributed by atoms with E-state index in [-0.39, 0.29) is 0 Å². The highest BCUT2D eigenvalue weighted by molar-refractivity contribution is 7.13. The molecule has 1 aromatic heterocycles. The molecule has 1 rings (SSSR count). The van der Waals surface area contributed by atoms with E-state index in [1.807, 2.05) is 13.8 Å². The van der Waals surface area contributed by atoms with Crippen molar-refractivity contribution in [2.45, 2.75) is 19.7 Å². The summed E-state index contributed by atoms with van der Waals surface area (Å²) >= 11 is 6.91. The van der Waals surface area contributed by atoms with Crippen LogP contribution in [0.15, 0.2) is 5.38 Å². The first-order valence-corrected chi connectivity index (χ1v) is 5.97. The summed E-state index contributed by atoms with van der Waals surface area (Å²) in [5.41, 5.74) is 0.751. The monoisotopic (exact) mass is 248 g/mol. The van der Waals surface area contributed by atoms with Crippen LogP contribution in [0, 0.1) is 5.92 Å². The van der Waals surface area contributed by atoms with Crippen LogP contribution < -0.4 is 5.32 Å². The zero-order valence-corrected chi connectivity index (χ0v) is 10.2. The van der Waals surface area contributed by atoms with E-state index in [2.05, 4.69) is 10.3 Å². The number of carbonyl (C=O) groups excluding carboxylic acids is 1. The molecule has 4 nitrogen and oxygen atoms in total. The molecule has 0 atom stereocenters. The second kappa shape index (κ2) is 5.92. The predicted molar refractivity (Wildman–Crippen MR) is 61.5 cm³/mol. The van der Waals surface area contributed by atoms with E-state index < -0.39 is 6.09 Å². The van der Waals surface area contributed by atoms with E-state index in [0.717, 1.165) is 5.69 Å². The maximum Gasteiger partial charge on any atom is 0.413 e. The minimum absolute atomic E-state index is 0.324. The molecule has 6 heteroatoms. The number of amides is 1. The molecule has 0 spiro atoms. The summed E-state index contributed by atoms with van der Waals surface area (Å²) in [5, 5.41) is 4.85. The molecular formula is C9H13ClN2O2S. The number of alkyl halides is 1. The second-order valence-corrected chi connectivity index (χ2v) is 4.52. The van der Waals surface area contributed by atoms with Crippen LogP contribution in [0.4, 0.5) is 9.93 Å². The Bertz CT molecular complexity index is 328. The number of hydrogen-bond donors (Lipinski definition) is 1. The van der Waals surface area contributed by atoms with Crippen LogP contribution in [0.25, 0.3) is 0 Å². The normalized spacial score (nSPS) is 10.4. The van der Waals surface area contributed by atoms with Gasteiger partial charge in [0.1, 0.15) is 0 Å². The average Bonchev–Trinajstić information content (AvgIpc) is 2.62. The van der Waals surface area contributed by atoms with Crippen molar-refractivity contribution in [1.29, 1.82) is 0 Å². The second-order valence-electron chi connectivity index (χ2n) is 3.39. The molecule has 0 aliphatic rings. The van der Waals surface area contributed by atoms with Gasteiger partial charge < -0.3 is 4.74 Å². The highest BCUT2D eigenvalue weighted by Gasteiger charge is 2.07. The molecule has 0 fully saturated rings.